The van der Waals surface area contributed by atoms with E-state index in [9.17, 15) is 0 Å². The number of nitrogens with one attached hydrogen (secondary N) is 1. The minimum atomic E-state index is 0.330. The Hall–Kier alpha value is 0.1000. The second kappa shape index (κ2) is 6.56. The molecule has 80 valence electrons. The molecule has 1 aromatic rings. The van der Waals surface area contributed by atoms with Crippen LogP contribution in [0.15, 0.2) is 15.9 Å². The van der Waals surface area contributed by atoms with Crippen LogP contribution < -0.4 is 5.32 Å². The largest absolute Gasteiger partial charge is 0.383 e. The smallest absolute Gasteiger partial charge is 0.0702 e. The van der Waals surface area contributed by atoms with E-state index in [1.54, 1.807) is 18.4 Å². The van der Waals surface area contributed by atoms with Crippen LogP contribution in [0.3, 0.4) is 0 Å². The minimum absolute atomic E-state index is 0.330. The Morgan fingerprint density at radius 3 is 2.86 bits per heavy atom. The Bertz CT molecular complexity index is 264. The second-order valence-corrected chi connectivity index (χ2v) is 5.60. The molecule has 0 spiro atoms. The van der Waals surface area contributed by atoms with E-state index in [-0.39, 0.29) is 0 Å². The van der Waals surface area contributed by atoms with Crippen LogP contribution >= 0.6 is 27.3 Å². The van der Waals surface area contributed by atoms with Gasteiger partial charge in [0.05, 0.1) is 16.4 Å². The van der Waals surface area contributed by atoms with Crippen molar-refractivity contribution in [1.29, 1.82) is 0 Å². The van der Waals surface area contributed by atoms with Gasteiger partial charge in [0.15, 0.2) is 0 Å². The van der Waals surface area contributed by atoms with Gasteiger partial charge >= 0.3 is 0 Å². The van der Waals surface area contributed by atoms with E-state index in [1.807, 2.05) is 0 Å². The van der Waals surface area contributed by atoms with Gasteiger partial charge in [-0.15, -0.1) is 11.3 Å². The van der Waals surface area contributed by atoms with Gasteiger partial charge < -0.3 is 10.1 Å². The molecular formula is C10H16BrNOS. The molecule has 14 heavy (non-hydrogen) atoms. The summed E-state index contributed by atoms with van der Waals surface area (Å²) in [6, 6.07) is 4.55. The van der Waals surface area contributed by atoms with E-state index in [0.29, 0.717) is 6.04 Å². The summed E-state index contributed by atoms with van der Waals surface area (Å²) in [5.74, 6) is 0. The lowest BCUT2D eigenvalue weighted by Gasteiger charge is -2.15. The highest BCUT2D eigenvalue weighted by molar-refractivity contribution is 9.11. The topological polar surface area (TPSA) is 21.3 Å². The van der Waals surface area contributed by atoms with Crippen LogP contribution in [0.5, 0.6) is 0 Å². The highest BCUT2D eigenvalue weighted by Crippen LogP contribution is 2.27. The molecule has 0 aliphatic heterocycles. The maximum atomic E-state index is 5.19. The van der Waals surface area contributed by atoms with Gasteiger partial charge in [-0.05, 0) is 41.0 Å². The van der Waals surface area contributed by atoms with Gasteiger partial charge in [-0.25, -0.2) is 0 Å². The highest BCUT2D eigenvalue weighted by atomic mass is 79.9. The molecule has 0 aliphatic carbocycles. The van der Waals surface area contributed by atoms with E-state index < -0.39 is 0 Å². The number of halogens is 1. The van der Waals surface area contributed by atoms with Crippen molar-refractivity contribution in [2.45, 2.75) is 19.4 Å². The summed E-state index contributed by atoms with van der Waals surface area (Å²) in [6.07, 6.45) is 1.15. The van der Waals surface area contributed by atoms with E-state index in [0.717, 1.165) is 19.6 Å². The van der Waals surface area contributed by atoms with Crippen molar-refractivity contribution in [3.05, 3.63) is 20.8 Å². The van der Waals surface area contributed by atoms with Crippen molar-refractivity contribution in [3.8, 4) is 0 Å². The summed E-state index contributed by atoms with van der Waals surface area (Å²) >= 11 is 5.23. The van der Waals surface area contributed by atoms with E-state index in [4.69, 9.17) is 4.74 Å². The molecule has 0 amide bonds. The molecule has 0 aliphatic rings. The maximum absolute atomic E-state index is 5.19. The summed E-state index contributed by atoms with van der Waals surface area (Å²) in [6.45, 7) is 3.93. The molecule has 0 fully saturated rings. The van der Waals surface area contributed by atoms with E-state index in [2.05, 4.69) is 40.3 Å². The lowest BCUT2D eigenvalue weighted by molar-refractivity contribution is 0.168. The van der Waals surface area contributed by atoms with Crippen molar-refractivity contribution in [2.75, 3.05) is 20.3 Å². The fourth-order valence-corrected chi connectivity index (χ4v) is 2.73. The maximum Gasteiger partial charge on any atom is 0.0702 e. The standard InChI is InChI=1S/C10H16BrNOS/c1-3-6-12-8(7-13-2)9-4-5-10(11)14-9/h4-5,8,12H,3,6-7H2,1-2H3. The first-order valence-corrected chi connectivity index (χ1v) is 6.36. The third-order valence-electron chi connectivity index (χ3n) is 1.91. The lowest BCUT2D eigenvalue weighted by Crippen LogP contribution is -2.25. The lowest BCUT2D eigenvalue weighted by atomic mass is 10.2. The van der Waals surface area contributed by atoms with Gasteiger partial charge in [0, 0.05) is 12.0 Å². The summed E-state index contributed by atoms with van der Waals surface area (Å²) in [4.78, 5) is 1.33. The van der Waals surface area contributed by atoms with Gasteiger partial charge in [-0.2, -0.15) is 0 Å². The number of ether oxygens (including phenoxy) is 1. The number of hydrogen-bond donors (Lipinski definition) is 1. The molecule has 1 rings (SSSR count). The Morgan fingerprint density at radius 2 is 2.36 bits per heavy atom. The molecule has 0 bridgehead atoms. The summed E-state index contributed by atoms with van der Waals surface area (Å²) in [5, 5.41) is 3.46. The molecule has 0 aromatic carbocycles. The van der Waals surface area contributed by atoms with Crippen molar-refractivity contribution >= 4 is 27.3 Å². The van der Waals surface area contributed by atoms with Crippen molar-refractivity contribution in [1.82, 2.24) is 5.32 Å². The van der Waals surface area contributed by atoms with Gasteiger partial charge in [0.2, 0.25) is 0 Å². The van der Waals surface area contributed by atoms with Gasteiger partial charge in [0.1, 0.15) is 0 Å². The quantitative estimate of drug-likeness (QED) is 0.862. The molecule has 1 heterocycles. The number of thiophene rings is 1. The average Bonchev–Trinajstić information content (AvgIpc) is 2.59. The van der Waals surface area contributed by atoms with Crippen molar-refractivity contribution in [3.63, 3.8) is 0 Å². The van der Waals surface area contributed by atoms with Crippen LogP contribution in [0.25, 0.3) is 0 Å². The van der Waals surface area contributed by atoms with Crippen LogP contribution in [-0.4, -0.2) is 20.3 Å². The summed E-state index contributed by atoms with van der Waals surface area (Å²) in [5.41, 5.74) is 0. The Balaban J connectivity index is 2.57. The predicted octanol–water partition coefficient (Wildman–Crippen LogP) is 3.20. The Morgan fingerprint density at radius 1 is 1.57 bits per heavy atom. The average molecular weight is 278 g/mol. The molecule has 1 unspecified atom stereocenters. The molecule has 4 heteroatoms. The van der Waals surface area contributed by atoms with Crippen LogP contribution in [0.4, 0.5) is 0 Å². The fourth-order valence-electron chi connectivity index (χ4n) is 1.24. The normalized spacial score (nSPS) is 13.1. The first kappa shape index (κ1) is 12.2. The first-order valence-electron chi connectivity index (χ1n) is 4.75. The van der Waals surface area contributed by atoms with Crippen LogP contribution in [-0.2, 0) is 4.74 Å². The van der Waals surface area contributed by atoms with Crippen LogP contribution in [0.2, 0.25) is 0 Å². The molecule has 0 radical (unpaired) electrons. The van der Waals surface area contributed by atoms with E-state index in [1.165, 1.54) is 8.66 Å². The van der Waals surface area contributed by atoms with Gasteiger partial charge in [-0.3, -0.25) is 0 Å². The van der Waals surface area contributed by atoms with Gasteiger partial charge in [0.25, 0.3) is 0 Å². The molecule has 0 saturated carbocycles. The third-order valence-corrected chi connectivity index (χ3v) is 3.65. The molecule has 1 atom stereocenters. The zero-order chi connectivity index (χ0) is 10.4. The fraction of sp³-hybridized carbons (Fsp3) is 0.600. The second-order valence-electron chi connectivity index (χ2n) is 3.10. The monoisotopic (exact) mass is 277 g/mol. The zero-order valence-corrected chi connectivity index (χ0v) is 11.0. The molecule has 1 aromatic heterocycles. The van der Waals surface area contributed by atoms with Gasteiger partial charge in [-0.1, -0.05) is 6.92 Å². The number of methoxy groups -OCH3 is 1. The first-order chi connectivity index (χ1) is 6.77. The van der Waals surface area contributed by atoms with Crippen LogP contribution in [0, 0.1) is 0 Å². The molecule has 0 saturated heterocycles. The molecule has 1 N–H and O–H groups in total. The summed E-state index contributed by atoms with van der Waals surface area (Å²) < 4.78 is 6.37. The SMILES string of the molecule is CCCNC(COC)c1ccc(Br)s1. The zero-order valence-electron chi connectivity index (χ0n) is 8.55. The van der Waals surface area contributed by atoms with Crippen molar-refractivity contribution in [2.24, 2.45) is 0 Å². The third kappa shape index (κ3) is 3.69. The Labute approximate surface area is 97.8 Å². The van der Waals surface area contributed by atoms with Crippen LogP contribution in [0.1, 0.15) is 24.3 Å². The minimum Gasteiger partial charge on any atom is -0.383 e. The van der Waals surface area contributed by atoms with E-state index >= 15 is 0 Å². The highest BCUT2D eigenvalue weighted by Gasteiger charge is 2.11. The van der Waals surface area contributed by atoms with Crippen molar-refractivity contribution < 1.29 is 4.74 Å². The summed E-state index contributed by atoms with van der Waals surface area (Å²) in [7, 11) is 1.74. The predicted molar refractivity (Wildman–Crippen MR) is 64.9 cm³/mol. The number of rotatable bonds is 6. The molecule has 2 nitrogen and oxygen atoms in total. The Kier molecular flexibility index (Phi) is 5.70. The number of hydrogen-bond acceptors (Lipinski definition) is 3. The molecular weight excluding hydrogens is 262 g/mol.